The number of nitrogens with one attached hydrogen (secondary N) is 1. The Balaban J connectivity index is 2.97. The topological polar surface area (TPSA) is 30.5 Å². The smallest absolute Gasteiger partial charge is 0.387 e. The number of likely N-dealkylation sites (N-methyl/N-ethyl adjacent to an activating group) is 1. The Bertz CT molecular complexity index is 462. The Morgan fingerprint density at radius 2 is 2.00 bits per heavy atom. The van der Waals surface area contributed by atoms with Crippen LogP contribution in [0.1, 0.15) is 32.8 Å². The van der Waals surface area contributed by atoms with Gasteiger partial charge in [-0.05, 0) is 37.6 Å². The Hall–Kier alpha value is -1.62. The molecule has 0 aliphatic rings. The Labute approximate surface area is 124 Å². The van der Waals surface area contributed by atoms with E-state index in [4.69, 9.17) is 4.74 Å². The van der Waals surface area contributed by atoms with Gasteiger partial charge in [-0.15, -0.1) is 0 Å². The van der Waals surface area contributed by atoms with E-state index in [1.54, 1.807) is 19.1 Å². The van der Waals surface area contributed by atoms with Crippen LogP contribution in [0.5, 0.6) is 11.5 Å². The van der Waals surface area contributed by atoms with Gasteiger partial charge in [-0.3, -0.25) is 0 Å². The third-order valence-corrected chi connectivity index (χ3v) is 2.91. The average molecular weight is 299 g/mol. The van der Waals surface area contributed by atoms with Crippen LogP contribution in [0.25, 0.3) is 6.08 Å². The van der Waals surface area contributed by atoms with Crippen molar-refractivity contribution in [1.29, 1.82) is 0 Å². The minimum atomic E-state index is -2.86. The molecule has 5 heteroatoms. The summed E-state index contributed by atoms with van der Waals surface area (Å²) in [4.78, 5) is 0. The first-order valence-electron chi connectivity index (χ1n) is 7.22. The quantitative estimate of drug-likeness (QED) is 0.745. The van der Waals surface area contributed by atoms with E-state index < -0.39 is 6.61 Å². The minimum absolute atomic E-state index is 0.0636. The number of rotatable bonds is 9. The molecule has 3 nitrogen and oxygen atoms in total. The maximum absolute atomic E-state index is 12.3. The number of alkyl halides is 2. The first-order valence-corrected chi connectivity index (χ1v) is 7.22. The molecule has 118 valence electrons. The minimum Gasteiger partial charge on any atom is -0.490 e. The summed E-state index contributed by atoms with van der Waals surface area (Å²) < 4.78 is 34.5. The van der Waals surface area contributed by atoms with Crippen molar-refractivity contribution in [3.05, 3.63) is 29.3 Å². The molecular formula is C16H23F2NO2. The van der Waals surface area contributed by atoms with Crippen molar-refractivity contribution >= 4 is 6.08 Å². The first kappa shape index (κ1) is 17.4. The van der Waals surface area contributed by atoms with E-state index in [-0.39, 0.29) is 5.75 Å². The fourth-order valence-electron chi connectivity index (χ4n) is 1.88. The number of halogens is 2. The molecule has 1 rings (SSSR count). The predicted molar refractivity (Wildman–Crippen MR) is 81.1 cm³/mol. The van der Waals surface area contributed by atoms with Crippen LogP contribution in [0.15, 0.2) is 23.8 Å². The van der Waals surface area contributed by atoms with Crippen LogP contribution in [-0.2, 0) is 0 Å². The highest BCUT2D eigenvalue weighted by atomic mass is 19.3. The Morgan fingerprint density at radius 1 is 1.24 bits per heavy atom. The Morgan fingerprint density at radius 3 is 2.57 bits per heavy atom. The van der Waals surface area contributed by atoms with Crippen molar-refractivity contribution in [1.82, 2.24) is 5.32 Å². The number of ether oxygens (including phenoxy) is 2. The molecule has 0 saturated heterocycles. The van der Waals surface area contributed by atoms with Crippen molar-refractivity contribution in [3.8, 4) is 11.5 Å². The molecule has 0 aromatic heterocycles. The molecule has 0 atom stereocenters. The van der Waals surface area contributed by atoms with Crippen LogP contribution in [0.2, 0.25) is 0 Å². The fourth-order valence-corrected chi connectivity index (χ4v) is 1.88. The maximum Gasteiger partial charge on any atom is 0.387 e. The van der Waals surface area contributed by atoms with Crippen LogP contribution in [0, 0.1) is 0 Å². The third kappa shape index (κ3) is 6.12. The van der Waals surface area contributed by atoms with E-state index >= 15 is 0 Å². The summed E-state index contributed by atoms with van der Waals surface area (Å²) in [6.45, 7) is 5.19. The van der Waals surface area contributed by atoms with Gasteiger partial charge in [0.05, 0.1) is 6.61 Å². The molecule has 1 aromatic rings. The van der Waals surface area contributed by atoms with Crippen molar-refractivity contribution in [3.63, 3.8) is 0 Å². The van der Waals surface area contributed by atoms with Crippen molar-refractivity contribution < 1.29 is 18.3 Å². The van der Waals surface area contributed by atoms with Gasteiger partial charge in [-0.1, -0.05) is 31.6 Å². The molecule has 0 amide bonds. The van der Waals surface area contributed by atoms with Crippen LogP contribution in [0.3, 0.4) is 0 Å². The first-order chi connectivity index (χ1) is 10.1. The second kappa shape index (κ2) is 9.34. The molecular weight excluding hydrogens is 276 g/mol. The zero-order valence-corrected chi connectivity index (χ0v) is 12.8. The largest absolute Gasteiger partial charge is 0.490 e. The summed E-state index contributed by atoms with van der Waals surface area (Å²) in [6, 6.07) is 4.99. The van der Waals surface area contributed by atoms with Gasteiger partial charge in [-0.2, -0.15) is 8.78 Å². The number of hydrogen-bond acceptors (Lipinski definition) is 3. The lowest BCUT2D eigenvalue weighted by Crippen LogP contribution is -2.15. The van der Waals surface area contributed by atoms with Crippen LogP contribution >= 0.6 is 0 Å². The number of hydrogen-bond donors (Lipinski definition) is 1. The monoisotopic (exact) mass is 299 g/mol. The van der Waals surface area contributed by atoms with Gasteiger partial charge >= 0.3 is 6.61 Å². The molecule has 1 N–H and O–H groups in total. The summed E-state index contributed by atoms with van der Waals surface area (Å²) in [7, 11) is 0. The lowest BCUT2D eigenvalue weighted by atomic mass is 10.1. The zero-order chi connectivity index (χ0) is 15.7. The standard InChI is InChI=1S/C16H23F2NO2/c1-4-12(11-19-5-2)9-13-7-8-14(21-16(17)18)15(10-13)20-6-3/h7-10,16,19H,4-6,11H2,1-3H3. The molecule has 0 saturated carbocycles. The van der Waals surface area contributed by atoms with Crippen LogP contribution in [-0.4, -0.2) is 26.3 Å². The van der Waals surface area contributed by atoms with Crippen LogP contribution in [0.4, 0.5) is 8.78 Å². The number of benzene rings is 1. The van der Waals surface area contributed by atoms with E-state index in [0.29, 0.717) is 12.4 Å². The zero-order valence-electron chi connectivity index (χ0n) is 12.8. The van der Waals surface area contributed by atoms with Crippen molar-refractivity contribution in [2.75, 3.05) is 19.7 Å². The SMILES string of the molecule is CCNCC(=Cc1ccc(OC(F)F)c(OCC)c1)CC. The summed E-state index contributed by atoms with van der Waals surface area (Å²) in [5.74, 6) is 0.402. The predicted octanol–water partition coefficient (Wildman–Crippen LogP) is 4.09. The molecule has 0 spiro atoms. The lowest BCUT2D eigenvalue weighted by molar-refractivity contribution is -0.0514. The van der Waals surface area contributed by atoms with Crippen molar-refractivity contribution in [2.24, 2.45) is 0 Å². The summed E-state index contributed by atoms with van der Waals surface area (Å²) in [5.41, 5.74) is 2.15. The lowest BCUT2D eigenvalue weighted by Gasteiger charge is -2.12. The fraction of sp³-hybridized carbons (Fsp3) is 0.500. The van der Waals surface area contributed by atoms with Gasteiger partial charge < -0.3 is 14.8 Å². The molecule has 0 bridgehead atoms. The second-order valence-electron chi connectivity index (χ2n) is 4.45. The highest BCUT2D eigenvalue weighted by molar-refractivity contribution is 5.58. The van der Waals surface area contributed by atoms with Gasteiger partial charge in [0.1, 0.15) is 0 Å². The van der Waals surface area contributed by atoms with Crippen molar-refractivity contribution in [2.45, 2.75) is 33.8 Å². The van der Waals surface area contributed by atoms with Gasteiger partial charge in [0.2, 0.25) is 0 Å². The van der Waals surface area contributed by atoms with E-state index in [2.05, 4.69) is 23.9 Å². The van der Waals surface area contributed by atoms with E-state index in [1.165, 1.54) is 11.6 Å². The molecule has 0 unspecified atom stereocenters. The molecule has 0 aliphatic carbocycles. The van der Waals surface area contributed by atoms with Gasteiger partial charge in [-0.25, -0.2) is 0 Å². The molecule has 0 fully saturated rings. The third-order valence-electron chi connectivity index (χ3n) is 2.91. The molecule has 1 aromatic carbocycles. The highest BCUT2D eigenvalue weighted by Crippen LogP contribution is 2.30. The molecule has 21 heavy (non-hydrogen) atoms. The van der Waals surface area contributed by atoms with Gasteiger partial charge in [0.25, 0.3) is 0 Å². The molecule has 0 radical (unpaired) electrons. The van der Waals surface area contributed by atoms with E-state index in [1.807, 2.05) is 6.08 Å². The van der Waals surface area contributed by atoms with Gasteiger partial charge in [0, 0.05) is 6.54 Å². The van der Waals surface area contributed by atoms with Crippen LogP contribution < -0.4 is 14.8 Å². The normalized spacial score (nSPS) is 11.8. The average Bonchev–Trinajstić information content (AvgIpc) is 2.45. The highest BCUT2D eigenvalue weighted by Gasteiger charge is 2.11. The summed E-state index contributed by atoms with van der Waals surface area (Å²) in [6.07, 6.45) is 2.96. The molecule has 0 aliphatic heterocycles. The maximum atomic E-state index is 12.3. The summed E-state index contributed by atoms with van der Waals surface area (Å²) >= 11 is 0. The summed E-state index contributed by atoms with van der Waals surface area (Å²) in [5, 5.41) is 3.27. The molecule has 0 heterocycles. The van der Waals surface area contributed by atoms with Gasteiger partial charge in [0.15, 0.2) is 11.5 Å². The van der Waals surface area contributed by atoms with E-state index in [9.17, 15) is 8.78 Å². The Kier molecular flexibility index (Phi) is 7.75. The second-order valence-corrected chi connectivity index (χ2v) is 4.45. The van der Waals surface area contributed by atoms with E-state index in [0.717, 1.165) is 25.1 Å².